The minimum atomic E-state index is -0.272. The van der Waals surface area contributed by atoms with Crippen LogP contribution in [0.1, 0.15) is 23.2 Å². The Bertz CT molecular complexity index is 1500. The lowest BCUT2D eigenvalue weighted by Gasteiger charge is -2.34. The summed E-state index contributed by atoms with van der Waals surface area (Å²) in [5, 5.41) is 14.9. The van der Waals surface area contributed by atoms with E-state index in [-0.39, 0.29) is 17.8 Å². The largest absolute Gasteiger partial charge is 0.381 e. The number of aromatic amines is 1. The molecular weight excluding hydrogens is 527 g/mol. The number of carbonyl (C=O) groups excluding carboxylic acids is 1. The Labute approximate surface area is 237 Å². The van der Waals surface area contributed by atoms with E-state index in [0.717, 1.165) is 71.1 Å². The molecule has 3 N–H and O–H groups in total. The molecule has 3 heterocycles. The standard InChI is InChI=1S/C30H33FN6O2S/c1-36-11-13-37(14-12-36)22-5-7-25(28(18-22)32-21-9-15-39-16-10-21)30(38)33-29-26-19-24(6-8-27(26)34-35-29)40-23-4-2-3-20(31)17-23/h2-8,17-19,21,32H,9-16H2,1H3,(H2,33,34,35,38). The van der Waals surface area contributed by atoms with Gasteiger partial charge in [-0.2, -0.15) is 5.10 Å². The van der Waals surface area contributed by atoms with Crippen LogP contribution < -0.4 is 15.5 Å². The second kappa shape index (κ2) is 11.9. The lowest BCUT2D eigenvalue weighted by Crippen LogP contribution is -2.44. The number of hydrogen-bond acceptors (Lipinski definition) is 7. The number of aromatic nitrogens is 2. The molecule has 1 amide bonds. The Hall–Kier alpha value is -3.60. The molecule has 10 heteroatoms. The Balaban J connectivity index is 1.25. The third kappa shape index (κ3) is 6.09. The SMILES string of the molecule is CN1CCN(c2ccc(C(=O)Nc3n[nH]c4ccc(Sc5cccc(F)c5)cc34)c(NC3CCOCC3)c2)CC1. The highest BCUT2D eigenvalue weighted by Gasteiger charge is 2.22. The van der Waals surface area contributed by atoms with Crippen molar-refractivity contribution in [1.29, 1.82) is 0 Å². The van der Waals surface area contributed by atoms with E-state index in [2.05, 4.69) is 43.7 Å². The Kier molecular flexibility index (Phi) is 7.90. The van der Waals surface area contributed by atoms with Gasteiger partial charge in [0.05, 0.1) is 11.1 Å². The maximum absolute atomic E-state index is 13.7. The number of H-pyrrole nitrogens is 1. The van der Waals surface area contributed by atoms with Gasteiger partial charge < -0.3 is 25.2 Å². The topological polar surface area (TPSA) is 85.5 Å². The fourth-order valence-electron chi connectivity index (χ4n) is 5.17. The summed E-state index contributed by atoms with van der Waals surface area (Å²) in [6, 6.07) is 18.6. The quantitative estimate of drug-likeness (QED) is 0.277. The minimum Gasteiger partial charge on any atom is -0.381 e. The molecule has 0 bridgehead atoms. The number of carbonyl (C=O) groups is 1. The van der Waals surface area contributed by atoms with Crippen LogP contribution in [-0.4, -0.2) is 73.5 Å². The second-order valence-electron chi connectivity index (χ2n) is 10.3. The summed E-state index contributed by atoms with van der Waals surface area (Å²) in [5.41, 5.74) is 3.32. The molecule has 6 rings (SSSR count). The van der Waals surface area contributed by atoms with Gasteiger partial charge in [0.1, 0.15) is 5.82 Å². The van der Waals surface area contributed by atoms with E-state index in [1.165, 1.54) is 23.9 Å². The molecule has 4 aromatic rings. The molecule has 2 aliphatic rings. The Morgan fingerprint density at radius 1 is 1.02 bits per heavy atom. The van der Waals surface area contributed by atoms with E-state index >= 15 is 0 Å². The number of benzene rings is 3. The van der Waals surface area contributed by atoms with Gasteiger partial charge in [-0.1, -0.05) is 17.8 Å². The molecule has 1 aromatic heterocycles. The third-order valence-corrected chi connectivity index (χ3v) is 8.47. The normalized spacial score (nSPS) is 16.8. The molecule has 8 nitrogen and oxygen atoms in total. The van der Waals surface area contributed by atoms with Crippen LogP contribution in [0.2, 0.25) is 0 Å². The van der Waals surface area contributed by atoms with Gasteiger partial charge in [-0.25, -0.2) is 4.39 Å². The summed E-state index contributed by atoms with van der Waals surface area (Å²) in [5.74, 6) is -0.0379. The van der Waals surface area contributed by atoms with Crippen LogP contribution in [0.4, 0.5) is 21.6 Å². The van der Waals surface area contributed by atoms with Gasteiger partial charge in [0.25, 0.3) is 5.91 Å². The van der Waals surface area contributed by atoms with Crippen molar-refractivity contribution in [2.45, 2.75) is 28.7 Å². The zero-order valence-corrected chi connectivity index (χ0v) is 23.3. The van der Waals surface area contributed by atoms with Crippen LogP contribution in [0.25, 0.3) is 10.9 Å². The number of anilines is 3. The number of piperazine rings is 1. The predicted molar refractivity (Wildman–Crippen MR) is 158 cm³/mol. The number of halogens is 1. The molecule has 2 aliphatic heterocycles. The van der Waals surface area contributed by atoms with Crippen molar-refractivity contribution < 1.29 is 13.9 Å². The summed E-state index contributed by atoms with van der Waals surface area (Å²) in [4.78, 5) is 20.1. The summed E-state index contributed by atoms with van der Waals surface area (Å²) in [6.07, 6.45) is 1.80. The number of ether oxygens (including phenoxy) is 1. The maximum Gasteiger partial charge on any atom is 0.258 e. The third-order valence-electron chi connectivity index (χ3n) is 7.50. The number of fused-ring (bicyclic) bond motifs is 1. The molecular formula is C30H33FN6O2S. The molecule has 0 radical (unpaired) electrons. The van der Waals surface area contributed by atoms with Crippen molar-refractivity contribution in [1.82, 2.24) is 15.1 Å². The van der Waals surface area contributed by atoms with E-state index < -0.39 is 0 Å². The first-order chi connectivity index (χ1) is 19.5. The Morgan fingerprint density at radius 3 is 2.62 bits per heavy atom. The molecule has 0 aliphatic carbocycles. The number of nitrogens with one attached hydrogen (secondary N) is 3. The molecule has 0 saturated carbocycles. The predicted octanol–water partition coefficient (Wildman–Crippen LogP) is 5.45. The number of hydrogen-bond donors (Lipinski definition) is 3. The minimum absolute atomic E-state index is 0.226. The van der Waals surface area contributed by atoms with Crippen LogP contribution >= 0.6 is 11.8 Å². The first-order valence-electron chi connectivity index (χ1n) is 13.7. The molecule has 2 fully saturated rings. The number of rotatable bonds is 7. The van der Waals surface area contributed by atoms with Crippen molar-refractivity contribution in [2.24, 2.45) is 0 Å². The molecule has 40 heavy (non-hydrogen) atoms. The summed E-state index contributed by atoms with van der Waals surface area (Å²) in [6.45, 7) is 5.36. The summed E-state index contributed by atoms with van der Waals surface area (Å²) in [7, 11) is 2.14. The smallest absolute Gasteiger partial charge is 0.258 e. The van der Waals surface area contributed by atoms with Gasteiger partial charge in [-0.05, 0) is 74.5 Å². The highest BCUT2D eigenvalue weighted by molar-refractivity contribution is 7.99. The van der Waals surface area contributed by atoms with E-state index in [0.29, 0.717) is 24.6 Å². The number of nitrogens with zero attached hydrogens (tertiary/aromatic N) is 3. The van der Waals surface area contributed by atoms with E-state index in [9.17, 15) is 9.18 Å². The van der Waals surface area contributed by atoms with Crippen LogP contribution in [0, 0.1) is 5.82 Å². The zero-order chi connectivity index (χ0) is 27.5. The molecule has 208 valence electrons. The molecule has 3 aromatic carbocycles. The average molecular weight is 561 g/mol. The van der Waals surface area contributed by atoms with E-state index in [1.54, 1.807) is 6.07 Å². The summed E-state index contributed by atoms with van der Waals surface area (Å²) >= 11 is 1.46. The van der Waals surface area contributed by atoms with Crippen molar-refractivity contribution >= 4 is 45.8 Å². The van der Waals surface area contributed by atoms with Gasteiger partial charge in [-0.3, -0.25) is 9.89 Å². The average Bonchev–Trinajstić information content (AvgIpc) is 3.35. The first-order valence-corrected chi connectivity index (χ1v) is 14.5. The summed E-state index contributed by atoms with van der Waals surface area (Å²) < 4.78 is 19.2. The zero-order valence-electron chi connectivity index (χ0n) is 22.5. The highest BCUT2D eigenvalue weighted by atomic mass is 32.2. The fraction of sp³-hybridized carbons (Fsp3) is 0.333. The van der Waals surface area contributed by atoms with E-state index in [1.807, 2.05) is 36.4 Å². The number of amides is 1. The number of likely N-dealkylation sites (N-methyl/N-ethyl adjacent to an activating group) is 1. The molecule has 0 unspecified atom stereocenters. The Morgan fingerprint density at radius 2 is 1.82 bits per heavy atom. The van der Waals surface area contributed by atoms with Crippen LogP contribution in [0.3, 0.4) is 0 Å². The molecule has 0 atom stereocenters. The van der Waals surface area contributed by atoms with Gasteiger partial charge in [0.2, 0.25) is 0 Å². The second-order valence-corrected chi connectivity index (χ2v) is 11.5. The van der Waals surface area contributed by atoms with Crippen molar-refractivity contribution in [3.63, 3.8) is 0 Å². The van der Waals surface area contributed by atoms with E-state index in [4.69, 9.17) is 4.74 Å². The lowest BCUT2D eigenvalue weighted by atomic mass is 10.1. The fourth-order valence-corrected chi connectivity index (χ4v) is 6.07. The lowest BCUT2D eigenvalue weighted by molar-refractivity contribution is 0.0904. The van der Waals surface area contributed by atoms with Crippen LogP contribution in [0.5, 0.6) is 0 Å². The van der Waals surface area contributed by atoms with Gasteiger partial charge >= 0.3 is 0 Å². The van der Waals surface area contributed by atoms with Crippen LogP contribution in [-0.2, 0) is 4.74 Å². The molecule has 0 spiro atoms. The van der Waals surface area contributed by atoms with Crippen molar-refractivity contribution in [2.75, 3.05) is 62.0 Å². The van der Waals surface area contributed by atoms with Crippen molar-refractivity contribution in [3.8, 4) is 0 Å². The van der Waals surface area contributed by atoms with Gasteiger partial charge in [0.15, 0.2) is 5.82 Å². The highest BCUT2D eigenvalue weighted by Crippen LogP contribution is 2.33. The molecule has 2 saturated heterocycles. The monoisotopic (exact) mass is 560 g/mol. The van der Waals surface area contributed by atoms with Crippen molar-refractivity contribution in [3.05, 3.63) is 72.0 Å². The van der Waals surface area contributed by atoms with Gasteiger partial charge in [-0.15, -0.1) is 0 Å². The first kappa shape index (κ1) is 26.6. The van der Waals surface area contributed by atoms with Gasteiger partial charge in [0, 0.05) is 72.0 Å². The maximum atomic E-state index is 13.7. The van der Waals surface area contributed by atoms with Crippen LogP contribution in [0.15, 0.2) is 70.5 Å².